The van der Waals surface area contributed by atoms with Crippen LogP contribution in [0.25, 0.3) is 0 Å². The van der Waals surface area contributed by atoms with E-state index < -0.39 is 0 Å². The van der Waals surface area contributed by atoms with E-state index in [0.717, 1.165) is 7.55 Å². The first-order valence-corrected chi connectivity index (χ1v) is 5.66. The molecular weight excluding hydrogens is 119 g/mol. The molecule has 1 aromatic rings. The van der Waals surface area contributed by atoms with Gasteiger partial charge in [0.25, 0.3) is 0 Å². The maximum absolute atomic E-state index is 3.93. The van der Waals surface area contributed by atoms with Crippen LogP contribution in [0.4, 0.5) is 0 Å². The molecule has 1 unspecified atom stereocenters. The van der Waals surface area contributed by atoms with E-state index in [4.69, 9.17) is 0 Å². The molecule has 26 valence electrons. The van der Waals surface area contributed by atoms with Crippen molar-refractivity contribution in [2.45, 2.75) is 0 Å². The van der Waals surface area contributed by atoms with Crippen LogP contribution in [0.5, 0.6) is 0 Å². The van der Waals surface area contributed by atoms with Crippen LogP contribution in [0.3, 0.4) is 0 Å². The minimum atomic E-state index is 1.03. The van der Waals surface area contributed by atoms with Gasteiger partial charge >= 0.3 is 0 Å². The van der Waals surface area contributed by atoms with Gasteiger partial charge in [-0.1, -0.05) is 7.55 Å². The Morgan fingerprint density at radius 3 is 3.00 bits per heavy atom. The third-order valence-electron chi connectivity index (χ3n) is 0.270. The molecular formula is CH2NP3. The number of aromatic nitrogens is 1. The molecule has 5 heavy (non-hydrogen) atoms. The number of rotatable bonds is 0. The van der Waals surface area contributed by atoms with E-state index in [-0.39, 0.29) is 0 Å². The van der Waals surface area contributed by atoms with Gasteiger partial charge in [0.05, 0.1) is 14.0 Å². The molecule has 4 heteroatoms. The molecule has 1 nitrogen and oxygen atoms in total. The third kappa shape index (κ3) is 0.973. The SMILES string of the molecule is c1np[pH]p1. The summed E-state index contributed by atoms with van der Waals surface area (Å²) in [5.74, 6) is 1.96. The van der Waals surface area contributed by atoms with Crippen LogP contribution in [0.2, 0.25) is 0 Å². The van der Waals surface area contributed by atoms with Gasteiger partial charge in [-0.2, -0.15) is 0 Å². The highest BCUT2D eigenvalue weighted by Crippen LogP contribution is 2.26. The van der Waals surface area contributed by atoms with Crippen molar-refractivity contribution >= 4 is 23.4 Å². The predicted octanol–water partition coefficient (Wildman–Crippen LogP) is 2.27. The molecule has 0 bridgehead atoms. The first-order chi connectivity index (χ1) is 2.50. The molecule has 0 amide bonds. The molecule has 0 aliphatic rings. The molecule has 0 aliphatic carbocycles. The third-order valence-corrected chi connectivity index (χ3v) is 4.27. The maximum atomic E-state index is 3.93. The fourth-order valence-electron chi connectivity index (χ4n) is 0.129. The molecule has 0 saturated carbocycles. The van der Waals surface area contributed by atoms with Crippen LogP contribution in [0, 0.1) is 0 Å². The van der Waals surface area contributed by atoms with E-state index in [1.807, 2.05) is 5.93 Å². The zero-order valence-electron chi connectivity index (χ0n) is 2.42. The fraction of sp³-hybridized carbons (Fsp3) is 0. The second kappa shape index (κ2) is 1.88. The van der Waals surface area contributed by atoms with Crippen LogP contribution in [-0.2, 0) is 0 Å². The molecule has 1 atom stereocenters. The normalized spacial score (nSPS) is 12.8. The molecule has 1 rings (SSSR count). The highest BCUT2D eigenvalue weighted by molar-refractivity contribution is 8.15. The standard InChI is InChI=1S/CH2NP3/c1-2-4-5-3-1/h1,5H. The average molecular weight is 121 g/mol. The summed E-state index contributed by atoms with van der Waals surface area (Å²) in [5, 5.41) is 0. The summed E-state index contributed by atoms with van der Waals surface area (Å²) in [5.41, 5.74) is 0. The lowest BCUT2D eigenvalue weighted by molar-refractivity contribution is 1.65. The van der Waals surface area contributed by atoms with Gasteiger partial charge in [0.1, 0.15) is 0 Å². The van der Waals surface area contributed by atoms with E-state index in [0.29, 0.717) is 0 Å². The summed E-state index contributed by atoms with van der Waals surface area (Å²) in [4.78, 5) is 0. The summed E-state index contributed by atoms with van der Waals surface area (Å²) in [6, 6.07) is 0. The molecule has 0 saturated heterocycles. The Labute approximate surface area is 35.0 Å². The van der Waals surface area contributed by atoms with Crippen LogP contribution >= 0.6 is 23.4 Å². The maximum Gasteiger partial charge on any atom is 0.0633 e. The lowest BCUT2D eigenvalue weighted by Gasteiger charge is -1.39. The summed E-state index contributed by atoms with van der Waals surface area (Å²) < 4.78 is 3.93. The summed E-state index contributed by atoms with van der Waals surface area (Å²) in [6.45, 7) is 0. The second-order valence-electron chi connectivity index (χ2n) is 0.560. The van der Waals surface area contributed by atoms with Gasteiger partial charge in [-0.25, -0.2) is 4.75 Å². The van der Waals surface area contributed by atoms with Crippen molar-refractivity contribution in [2.75, 3.05) is 0 Å². The molecule has 0 spiro atoms. The van der Waals surface area contributed by atoms with E-state index in [9.17, 15) is 0 Å². The van der Waals surface area contributed by atoms with E-state index in [2.05, 4.69) is 4.75 Å². The lowest BCUT2D eigenvalue weighted by atomic mass is 11.7. The molecule has 1 aromatic heterocycles. The topological polar surface area (TPSA) is 12.9 Å². The van der Waals surface area contributed by atoms with Crippen molar-refractivity contribution < 1.29 is 0 Å². The van der Waals surface area contributed by atoms with Gasteiger partial charge < -0.3 is 0 Å². The quantitative estimate of drug-likeness (QED) is 0.512. The zero-order chi connectivity index (χ0) is 3.54. The minimum Gasteiger partial charge on any atom is -0.226 e. The van der Waals surface area contributed by atoms with E-state index in [1.54, 1.807) is 0 Å². The van der Waals surface area contributed by atoms with Gasteiger partial charge in [-0.3, -0.25) is 0 Å². The molecule has 0 fully saturated rings. The highest BCUT2D eigenvalue weighted by atomic mass is 32.1. The Bertz CT molecular complexity index is 63.4. The second-order valence-corrected chi connectivity index (χ2v) is 5.45. The number of hydrogen-bond acceptors (Lipinski definition) is 1. The van der Waals surface area contributed by atoms with Gasteiger partial charge in [-0.15, -0.1) is 0 Å². The molecule has 0 aromatic carbocycles. The van der Waals surface area contributed by atoms with Crippen LogP contribution < -0.4 is 0 Å². The van der Waals surface area contributed by atoms with Crippen molar-refractivity contribution in [3.05, 3.63) is 5.93 Å². The van der Waals surface area contributed by atoms with Crippen molar-refractivity contribution in [3.63, 3.8) is 0 Å². The largest absolute Gasteiger partial charge is 0.226 e. The first kappa shape index (κ1) is 3.75. The van der Waals surface area contributed by atoms with Gasteiger partial charge in [-0.05, 0) is 7.87 Å². The summed E-state index contributed by atoms with van der Waals surface area (Å²) in [7, 11) is 3.72. The van der Waals surface area contributed by atoms with Gasteiger partial charge in [0, 0.05) is 0 Å². The average Bonchev–Trinajstić information content (AvgIpc) is 1.76. The highest BCUT2D eigenvalue weighted by Gasteiger charge is 1.60. The smallest absolute Gasteiger partial charge is 0.0633 e. The Hall–Kier alpha value is 0.570. The van der Waals surface area contributed by atoms with Gasteiger partial charge in [0.15, 0.2) is 0 Å². The first-order valence-electron chi connectivity index (χ1n) is 1.16. The molecule has 1 heterocycles. The summed E-state index contributed by atoms with van der Waals surface area (Å²) in [6.07, 6.45) is 0. The van der Waals surface area contributed by atoms with E-state index in [1.165, 1.54) is 15.9 Å². The molecule has 0 radical (unpaired) electrons. The van der Waals surface area contributed by atoms with Crippen molar-refractivity contribution in [1.29, 1.82) is 0 Å². The van der Waals surface area contributed by atoms with Crippen LogP contribution in [-0.4, -0.2) is 4.75 Å². The molecule has 0 N–H and O–H groups in total. The van der Waals surface area contributed by atoms with Gasteiger partial charge in [0.2, 0.25) is 0 Å². The van der Waals surface area contributed by atoms with Crippen molar-refractivity contribution in [1.82, 2.24) is 4.75 Å². The number of hydrogen-bond donors (Lipinski definition) is 0. The lowest BCUT2D eigenvalue weighted by Crippen LogP contribution is -1.25. The van der Waals surface area contributed by atoms with Crippen LogP contribution in [0.15, 0.2) is 5.93 Å². The van der Waals surface area contributed by atoms with E-state index >= 15 is 0 Å². The van der Waals surface area contributed by atoms with Crippen molar-refractivity contribution in [3.8, 4) is 0 Å². The predicted molar refractivity (Wildman–Crippen MR) is 28.8 cm³/mol. The van der Waals surface area contributed by atoms with Crippen LogP contribution in [0.1, 0.15) is 0 Å². The zero-order valence-corrected chi connectivity index (χ0v) is 5.21. The Morgan fingerprint density at radius 1 is 1.80 bits per heavy atom. The molecule has 0 aliphatic heterocycles. The Kier molecular flexibility index (Phi) is 1.41. The number of nitrogens with zero attached hydrogens (tertiary/aromatic N) is 1. The fourth-order valence-corrected chi connectivity index (χ4v) is 3.49. The Morgan fingerprint density at radius 2 is 2.80 bits per heavy atom. The monoisotopic (exact) mass is 121 g/mol. The summed E-state index contributed by atoms with van der Waals surface area (Å²) >= 11 is 0. The Balaban J connectivity index is 3.13. The van der Waals surface area contributed by atoms with Crippen molar-refractivity contribution in [2.24, 2.45) is 0 Å². The minimum absolute atomic E-state index is 1.03.